The van der Waals surface area contributed by atoms with Crippen LogP contribution in [0.15, 0.2) is 6.07 Å². The number of nitrogens with zero attached hydrogens (tertiary/aromatic N) is 1. The first kappa shape index (κ1) is 15.5. The number of ether oxygens (including phenoxy) is 1. The number of aromatic nitrogens is 1. The highest BCUT2D eigenvalue weighted by Crippen LogP contribution is 2.25. The first-order valence-corrected chi connectivity index (χ1v) is 7.77. The predicted octanol–water partition coefficient (Wildman–Crippen LogP) is 3.47. The topological polar surface area (TPSA) is 34.1 Å². The molecule has 3 heteroatoms. The van der Waals surface area contributed by atoms with E-state index in [1.807, 2.05) is 0 Å². The van der Waals surface area contributed by atoms with Gasteiger partial charge in [0, 0.05) is 36.7 Å². The van der Waals surface area contributed by atoms with Gasteiger partial charge in [-0.25, -0.2) is 0 Å². The quantitative estimate of drug-likeness (QED) is 0.914. The Morgan fingerprint density at radius 3 is 2.45 bits per heavy atom. The van der Waals surface area contributed by atoms with E-state index in [0.717, 1.165) is 30.5 Å². The van der Waals surface area contributed by atoms with E-state index in [4.69, 9.17) is 4.74 Å². The van der Waals surface area contributed by atoms with Crippen LogP contribution in [0.2, 0.25) is 0 Å². The van der Waals surface area contributed by atoms with Crippen molar-refractivity contribution >= 4 is 0 Å². The molecule has 0 spiro atoms. The second kappa shape index (κ2) is 6.68. The summed E-state index contributed by atoms with van der Waals surface area (Å²) in [6.45, 7) is 12.7. The summed E-state index contributed by atoms with van der Waals surface area (Å²) in [6, 6.07) is 3.05. The highest BCUT2D eigenvalue weighted by Gasteiger charge is 2.23. The van der Waals surface area contributed by atoms with Gasteiger partial charge in [-0.2, -0.15) is 0 Å². The van der Waals surface area contributed by atoms with Crippen LogP contribution in [-0.4, -0.2) is 24.2 Å². The van der Waals surface area contributed by atoms with Crippen LogP contribution in [0, 0.1) is 26.7 Å². The molecule has 1 fully saturated rings. The van der Waals surface area contributed by atoms with Crippen molar-refractivity contribution in [2.75, 3.05) is 13.2 Å². The number of rotatable bonds is 4. The molecule has 2 unspecified atom stereocenters. The first-order valence-electron chi connectivity index (χ1n) is 7.77. The largest absolute Gasteiger partial charge is 0.381 e. The van der Waals surface area contributed by atoms with Crippen LogP contribution < -0.4 is 5.32 Å². The van der Waals surface area contributed by atoms with Gasteiger partial charge in [-0.05, 0) is 70.6 Å². The minimum absolute atomic E-state index is 0.348. The fourth-order valence-corrected chi connectivity index (χ4v) is 3.52. The summed E-state index contributed by atoms with van der Waals surface area (Å²) in [4.78, 5) is 4.62. The van der Waals surface area contributed by atoms with Crippen LogP contribution >= 0.6 is 0 Å². The Bertz CT molecular complexity index is 429. The standard InChI is InChI=1S/C17H28N2O/c1-11-10-12(2)18-14(4)17(11)15(5)19-13(3)16-6-8-20-9-7-16/h10,13,15-16,19H,6-9H2,1-5H3. The van der Waals surface area contributed by atoms with Gasteiger partial charge in [0.05, 0.1) is 0 Å². The van der Waals surface area contributed by atoms with Crippen molar-refractivity contribution in [1.29, 1.82) is 0 Å². The van der Waals surface area contributed by atoms with Gasteiger partial charge in [0.2, 0.25) is 0 Å². The zero-order valence-corrected chi connectivity index (χ0v) is 13.5. The number of aryl methyl sites for hydroxylation is 3. The number of hydrogen-bond donors (Lipinski definition) is 1. The lowest BCUT2D eigenvalue weighted by atomic mass is 9.91. The Labute approximate surface area is 123 Å². The molecule has 1 aliphatic rings. The zero-order valence-electron chi connectivity index (χ0n) is 13.5. The molecule has 0 radical (unpaired) electrons. The molecule has 3 nitrogen and oxygen atoms in total. The van der Waals surface area contributed by atoms with Gasteiger partial charge >= 0.3 is 0 Å². The SMILES string of the molecule is Cc1cc(C)c(C(C)NC(C)C2CCOCC2)c(C)n1. The molecule has 1 N–H and O–H groups in total. The lowest BCUT2D eigenvalue weighted by Crippen LogP contribution is -2.38. The lowest BCUT2D eigenvalue weighted by molar-refractivity contribution is 0.0546. The maximum atomic E-state index is 5.45. The Morgan fingerprint density at radius 2 is 1.85 bits per heavy atom. The van der Waals surface area contributed by atoms with Gasteiger partial charge < -0.3 is 10.1 Å². The minimum atomic E-state index is 0.348. The molecule has 1 aliphatic heterocycles. The molecule has 0 aliphatic carbocycles. The van der Waals surface area contributed by atoms with Gasteiger partial charge in [0.15, 0.2) is 0 Å². The molecule has 112 valence electrons. The van der Waals surface area contributed by atoms with Crippen LogP contribution in [0.1, 0.15) is 55.2 Å². The van der Waals surface area contributed by atoms with E-state index in [1.165, 1.54) is 24.0 Å². The van der Waals surface area contributed by atoms with Crippen molar-refractivity contribution in [3.8, 4) is 0 Å². The average molecular weight is 276 g/mol. The van der Waals surface area contributed by atoms with Crippen LogP contribution in [-0.2, 0) is 4.74 Å². The van der Waals surface area contributed by atoms with Crippen LogP contribution in [0.4, 0.5) is 0 Å². The van der Waals surface area contributed by atoms with Crippen molar-refractivity contribution in [2.24, 2.45) is 5.92 Å². The van der Waals surface area contributed by atoms with Crippen molar-refractivity contribution in [3.63, 3.8) is 0 Å². The maximum absolute atomic E-state index is 5.45. The second-order valence-electron chi connectivity index (χ2n) is 6.21. The van der Waals surface area contributed by atoms with Crippen LogP contribution in [0.5, 0.6) is 0 Å². The fourth-order valence-electron chi connectivity index (χ4n) is 3.52. The molecule has 0 bridgehead atoms. The van der Waals surface area contributed by atoms with Crippen LogP contribution in [0.25, 0.3) is 0 Å². The van der Waals surface area contributed by atoms with Crippen LogP contribution in [0.3, 0.4) is 0 Å². The van der Waals surface area contributed by atoms with E-state index in [2.05, 4.69) is 51.0 Å². The third-order valence-corrected chi connectivity index (χ3v) is 4.50. The summed E-state index contributed by atoms with van der Waals surface area (Å²) < 4.78 is 5.45. The Kier molecular flexibility index (Phi) is 5.17. The maximum Gasteiger partial charge on any atom is 0.0469 e. The third kappa shape index (κ3) is 3.58. The molecular weight excluding hydrogens is 248 g/mol. The van der Waals surface area contributed by atoms with E-state index in [-0.39, 0.29) is 0 Å². The summed E-state index contributed by atoms with van der Waals surface area (Å²) in [7, 11) is 0. The number of pyridine rings is 1. The zero-order chi connectivity index (χ0) is 14.7. The summed E-state index contributed by atoms with van der Waals surface area (Å²) >= 11 is 0. The molecule has 1 saturated heterocycles. The number of hydrogen-bond acceptors (Lipinski definition) is 3. The van der Waals surface area contributed by atoms with Gasteiger partial charge in [-0.15, -0.1) is 0 Å². The molecule has 1 aromatic heterocycles. The van der Waals surface area contributed by atoms with Gasteiger partial charge in [0.1, 0.15) is 0 Å². The predicted molar refractivity (Wildman–Crippen MR) is 83.0 cm³/mol. The normalized spacial score (nSPS) is 19.9. The van der Waals surface area contributed by atoms with Crippen molar-refractivity contribution in [1.82, 2.24) is 10.3 Å². The molecule has 1 aromatic rings. The van der Waals surface area contributed by atoms with E-state index < -0.39 is 0 Å². The highest BCUT2D eigenvalue weighted by molar-refractivity contribution is 5.33. The summed E-state index contributed by atoms with van der Waals surface area (Å²) in [5.74, 6) is 0.727. The van der Waals surface area contributed by atoms with E-state index in [0.29, 0.717) is 12.1 Å². The Balaban J connectivity index is 2.06. The van der Waals surface area contributed by atoms with Crippen molar-refractivity contribution < 1.29 is 4.74 Å². The molecule has 0 aromatic carbocycles. The van der Waals surface area contributed by atoms with Crippen molar-refractivity contribution in [2.45, 2.75) is 59.5 Å². The lowest BCUT2D eigenvalue weighted by Gasteiger charge is -2.31. The molecule has 2 rings (SSSR count). The average Bonchev–Trinajstić information content (AvgIpc) is 2.38. The molecule has 0 amide bonds. The molecule has 2 heterocycles. The van der Waals surface area contributed by atoms with Gasteiger partial charge in [-0.1, -0.05) is 0 Å². The molecular formula is C17H28N2O. The smallest absolute Gasteiger partial charge is 0.0469 e. The van der Waals surface area contributed by atoms with E-state index >= 15 is 0 Å². The summed E-state index contributed by atoms with van der Waals surface area (Å²) in [5, 5.41) is 3.77. The summed E-state index contributed by atoms with van der Waals surface area (Å²) in [5.41, 5.74) is 4.96. The van der Waals surface area contributed by atoms with E-state index in [1.54, 1.807) is 0 Å². The highest BCUT2D eigenvalue weighted by atomic mass is 16.5. The fraction of sp³-hybridized carbons (Fsp3) is 0.706. The summed E-state index contributed by atoms with van der Waals surface area (Å²) in [6.07, 6.45) is 2.34. The monoisotopic (exact) mass is 276 g/mol. The minimum Gasteiger partial charge on any atom is -0.381 e. The molecule has 0 saturated carbocycles. The van der Waals surface area contributed by atoms with Gasteiger partial charge in [0.25, 0.3) is 0 Å². The Morgan fingerprint density at radius 1 is 1.20 bits per heavy atom. The molecule has 2 atom stereocenters. The molecule has 20 heavy (non-hydrogen) atoms. The third-order valence-electron chi connectivity index (χ3n) is 4.50. The second-order valence-corrected chi connectivity index (χ2v) is 6.21. The van der Waals surface area contributed by atoms with E-state index in [9.17, 15) is 0 Å². The Hall–Kier alpha value is -0.930. The number of nitrogens with one attached hydrogen (secondary N) is 1. The van der Waals surface area contributed by atoms with Gasteiger partial charge in [-0.3, -0.25) is 4.98 Å². The van der Waals surface area contributed by atoms with Crippen molar-refractivity contribution in [3.05, 3.63) is 28.6 Å². The first-order chi connectivity index (χ1) is 9.49.